The van der Waals surface area contributed by atoms with Gasteiger partial charge in [-0.25, -0.2) is 0 Å². The lowest BCUT2D eigenvalue weighted by molar-refractivity contribution is 0.225. The van der Waals surface area contributed by atoms with Crippen molar-refractivity contribution in [1.82, 2.24) is 20.4 Å². The predicted molar refractivity (Wildman–Crippen MR) is 71.5 cm³/mol. The summed E-state index contributed by atoms with van der Waals surface area (Å²) in [5.41, 5.74) is 0.938. The third kappa shape index (κ3) is 1.99. The van der Waals surface area contributed by atoms with Crippen LogP contribution in [0.5, 0.6) is 0 Å². The Labute approximate surface area is 112 Å². The molecule has 0 bridgehead atoms. The lowest BCUT2D eigenvalue weighted by Gasteiger charge is -2.21. The first-order chi connectivity index (χ1) is 9.40. The van der Waals surface area contributed by atoms with Gasteiger partial charge in [0, 0.05) is 18.8 Å². The van der Waals surface area contributed by atoms with E-state index in [1.807, 2.05) is 12.1 Å². The number of likely N-dealkylation sites (tertiary alicyclic amines) is 1. The monoisotopic (exact) mass is 258 g/mol. The minimum atomic E-state index is 0.695. The first-order valence-electron chi connectivity index (χ1n) is 6.93. The minimum absolute atomic E-state index is 0.695. The van der Waals surface area contributed by atoms with Gasteiger partial charge >= 0.3 is 0 Å². The smallest absolute Gasteiger partial charge is 0.152 e. The fourth-order valence-corrected chi connectivity index (χ4v) is 3.34. The molecule has 5 nitrogen and oxygen atoms in total. The molecule has 2 aromatic rings. The average Bonchev–Trinajstić information content (AvgIpc) is 3.15. The third-order valence-corrected chi connectivity index (χ3v) is 4.35. The molecule has 0 radical (unpaired) electrons. The van der Waals surface area contributed by atoms with Crippen LogP contribution in [0, 0.1) is 5.92 Å². The number of H-pyrrole nitrogens is 1. The number of furan rings is 1. The predicted octanol–water partition coefficient (Wildman–Crippen LogP) is 1.46. The van der Waals surface area contributed by atoms with Crippen molar-refractivity contribution in [2.45, 2.75) is 19.0 Å². The van der Waals surface area contributed by atoms with E-state index in [2.05, 4.69) is 26.5 Å². The van der Waals surface area contributed by atoms with E-state index in [4.69, 9.17) is 4.42 Å². The van der Waals surface area contributed by atoms with Gasteiger partial charge in [-0.1, -0.05) is 0 Å². The van der Waals surface area contributed by atoms with Crippen molar-refractivity contribution in [3.63, 3.8) is 0 Å². The molecule has 2 fully saturated rings. The standard InChI is InChI=1S/C14H18N4O/c1-2-14(12-3-5-16-17-12)19-11(1)9-18-6-4-10-7-15-8-13(10)18/h1-3,5,10,13,15H,4,6-9H2,(H,16,17)/t10-,13+/m1/s1. The summed E-state index contributed by atoms with van der Waals surface area (Å²) in [6.45, 7) is 4.41. The van der Waals surface area contributed by atoms with Crippen LogP contribution in [0.25, 0.3) is 11.5 Å². The SMILES string of the molecule is c1cc(-c2ccc(CN3CC[C@@H]4CNC[C@@H]43)o2)[nH]n1. The summed E-state index contributed by atoms with van der Waals surface area (Å²) in [6.07, 6.45) is 3.05. The largest absolute Gasteiger partial charge is 0.458 e. The Morgan fingerprint density at radius 2 is 2.32 bits per heavy atom. The summed E-state index contributed by atoms with van der Waals surface area (Å²) in [4.78, 5) is 2.54. The van der Waals surface area contributed by atoms with Crippen LogP contribution < -0.4 is 5.32 Å². The minimum Gasteiger partial charge on any atom is -0.458 e. The highest BCUT2D eigenvalue weighted by atomic mass is 16.3. The molecule has 2 saturated heterocycles. The summed E-state index contributed by atoms with van der Waals surface area (Å²) < 4.78 is 5.91. The molecule has 2 aromatic heterocycles. The number of nitrogens with zero attached hydrogens (tertiary/aromatic N) is 2. The van der Waals surface area contributed by atoms with Crippen LogP contribution in [0.3, 0.4) is 0 Å². The third-order valence-electron chi connectivity index (χ3n) is 4.35. The van der Waals surface area contributed by atoms with Crippen LogP contribution in [-0.2, 0) is 6.54 Å². The molecule has 100 valence electrons. The molecule has 2 aliphatic rings. The highest BCUT2D eigenvalue weighted by molar-refractivity contribution is 5.51. The van der Waals surface area contributed by atoms with E-state index in [0.29, 0.717) is 6.04 Å². The second-order valence-corrected chi connectivity index (χ2v) is 5.48. The summed E-state index contributed by atoms with van der Waals surface area (Å²) in [6, 6.07) is 6.71. The van der Waals surface area contributed by atoms with Crippen molar-refractivity contribution in [2.75, 3.05) is 19.6 Å². The van der Waals surface area contributed by atoms with E-state index in [1.165, 1.54) is 19.5 Å². The Morgan fingerprint density at radius 3 is 3.21 bits per heavy atom. The quantitative estimate of drug-likeness (QED) is 0.875. The molecule has 2 atom stereocenters. The van der Waals surface area contributed by atoms with E-state index in [1.54, 1.807) is 6.20 Å². The lowest BCUT2D eigenvalue weighted by atomic mass is 10.1. The van der Waals surface area contributed by atoms with Crippen LogP contribution in [0.1, 0.15) is 12.2 Å². The van der Waals surface area contributed by atoms with Gasteiger partial charge in [-0.3, -0.25) is 10.00 Å². The zero-order chi connectivity index (χ0) is 12.7. The molecule has 4 heterocycles. The maximum absolute atomic E-state index is 5.91. The van der Waals surface area contributed by atoms with E-state index in [0.717, 1.165) is 36.2 Å². The zero-order valence-electron chi connectivity index (χ0n) is 10.8. The van der Waals surface area contributed by atoms with Crippen LogP contribution in [0.15, 0.2) is 28.8 Å². The van der Waals surface area contributed by atoms with Crippen molar-refractivity contribution in [1.29, 1.82) is 0 Å². The van der Waals surface area contributed by atoms with Gasteiger partial charge in [-0.15, -0.1) is 0 Å². The van der Waals surface area contributed by atoms with Gasteiger partial charge < -0.3 is 9.73 Å². The fraction of sp³-hybridized carbons (Fsp3) is 0.500. The van der Waals surface area contributed by atoms with Gasteiger partial charge in [0.1, 0.15) is 11.5 Å². The number of nitrogens with one attached hydrogen (secondary N) is 2. The summed E-state index contributed by atoms with van der Waals surface area (Å²) in [5.74, 6) is 2.74. The maximum atomic E-state index is 5.91. The second-order valence-electron chi connectivity index (χ2n) is 5.48. The second kappa shape index (κ2) is 4.51. The average molecular weight is 258 g/mol. The summed E-state index contributed by atoms with van der Waals surface area (Å²) >= 11 is 0. The first-order valence-corrected chi connectivity index (χ1v) is 6.93. The molecule has 4 rings (SSSR count). The Bertz CT molecular complexity index is 548. The molecule has 0 amide bonds. The zero-order valence-corrected chi connectivity index (χ0v) is 10.8. The highest BCUT2D eigenvalue weighted by Gasteiger charge is 2.37. The molecule has 19 heavy (non-hydrogen) atoms. The highest BCUT2D eigenvalue weighted by Crippen LogP contribution is 2.29. The molecule has 0 saturated carbocycles. The lowest BCUT2D eigenvalue weighted by Crippen LogP contribution is -2.33. The van der Waals surface area contributed by atoms with Crippen molar-refractivity contribution >= 4 is 0 Å². The van der Waals surface area contributed by atoms with Gasteiger partial charge in [0.2, 0.25) is 0 Å². The van der Waals surface area contributed by atoms with Gasteiger partial charge in [0.05, 0.1) is 6.54 Å². The van der Waals surface area contributed by atoms with Gasteiger partial charge in [-0.2, -0.15) is 5.10 Å². The van der Waals surface area contributed by atoms with Crippen LogP contribution >= 0.6 is 0 Å². The number of rotatable bonds is 3. The Hall–Kier alpha value is -1.59. The molecule has 2 aliphatic heterocycles. The molecule has 0 spiro atoms. The van der Waals surface area contributed by atoms with Crippen molar-refractivity contribution in [3.8, 4) is 11.5 Å². The van der Waals surface area contributed by atoms with E-state index in [-0.39, 0.29) is 0 Å². The van der Waals surface area contributed by atoms with E-state index >= 15 is 0 Å². The van der Waals surface area contributed by atoms with Crippen LogP contribution in [-0.4, -0.2) is 40.8 Å². The molecule has 0 aromatic carbocycles. The van der Waals surface area contributed by atoms with E-state index < -0.39 is 0 Å². The Kier molecular flexibility index (Phi) is 2.67. The van der Waals surface area contributed by atoms with E-state index in [9.17, 15) is 0 Å². The first kappa shape index (κ1) is 11.3. The molecular weight excluding hydrogens is 240 g/mol. The Morgan fingerprint density at radius 1 is 1.32 bits per heavy atom. The van der Waals surface area contributed by atoms with Gasteiger partial charge in [-0.05, 0) is 43.6 Å². The normalized spacial score (nSPS) is 26.9. The van der Waals surface area contributed by atoms with Gasteiger partial charge in [0.25, 0.3) is 0 Å². The fourth-order valence-electron chi connectivity index (χ4n) is 3.34. The van der Waals surface area contributed by atoms with Crippen molar-refractivity contribution in [2.24, 2.45) is 5.92 Å². The number of fused-ring (bicyclic) bond motifs is 1. The number of hydrogen-bond acceptors (Lipinski definition) is 4. The van der Waals surface area contributed by atoms with Crippen LogP contribution in [0.2, 0.25) is 0 Å². The summed E-state index contributed by atoms with van der Waals surface area (Å²) in [5, 5.41) is 10.4. The topological polar surface area (TPSA) is 57.1 Å². The number of hydrogen-bond donors (Lipinski definition) is 2. The maximum Gasteiger partial charge on any atom is 0.152 e. The Balaban J connectivity index is 1.48. The molecule has 0 aliphatic carbocycles. The number of aromatic nitrogens is 2. The molecule has 2 N–H and O–H groups in total. The molecule has 5 heteroatoms. The van der Waals surface area contributed by atoms with Gasteiger partial charge in [0.15, 0.2) is 5.76 Å². The molecular formula is C14H18N4O. The molecule has 0 unspecified atom stereocenters. The van der Waals surface area contributed by atoms with Crippen LogP contribution in [0.4, 0.5) is 0 Å². The van der Waals surface area contributed by atoms with Crippen molar-refractivity contribution < 1.29 is 4.42 Å². The summed E-state index contributed by atoms with van der Waals surface area (Å²) in [7, 11) is 0. The van der Waals surface area contributed by atoms with Crippen molar-refractivity contribution in [3.05, 3.63) is 30.2 Å². The number of aromatic amines is 1.